The standard InChI is InChI=1S/C16H18F2N2/c1-3-9-20-16(12-7-5-10-19-11(12)2)13-6-4-8-14(17)15(13)18/h4-8,10,16,20H,3,9H2,1-2H3. The number of halogens is 2. The molecule has 0 aliphatic rings. The molecule has 1 atom stereocenters. The lowest BCUT2D eigenvalue weighted by molar-refractivity contribution is 0.479. The Morgan fingerprint density at radius 1 is 1.15 bits per heavy atom. The van der Waals surface area contributed by atoms with Crippen LogP contribution in [0.4, 0.5) is 8.78 Å². The Balaban J connectivity index is 2.47. The quantitative estimate of drug-likeness (QED) is 0.899. The van der Waals surface area contributed by atoms with E-state index in [0.717, 1.165) is 30.3 Å². The predicted octanol–water partition coefficient (Wildman–Crippen LogP) is 3.76. The van der Waals surface area contributed by atoms with Crippen molar-refractivity contribution in [3.63, 3.8) is 0 Å². The van der Waals surface area contributed by atoms with Gasteiger partial charge in [0.15, 0.2) is 11.6 Å². The van der Waals surface area contributed by atoms with Crippen LogP contribution in [0.3, 0.4) is 0 Å². The predicted molar refractivity (Wildman–Crippen MR) is 75.5 cm³/mol. The minimum Gasteiger partial charge on any atom is -0.306 e. The molecule has 2 aromatic rings. The zero-order chi connectivity index (χ0) is 14.5. The maximum Gasteiger partial charge on any atom is 0.163 e. The zero-order valence-corrected chi connectivity index (χ0v) is 11.7. The van der Waals surface area contributed by atoms with Gasteiger partial charge in [-0.25, -0.2) is 8.78 Å². The lowest BCUT2D eigenvalue weighted by Crippen LogP contribution is -2.25. The molecule has 2 nitrogen and oxygen atoms in total. The Bertz CT molecular complexity index is 584. The number of rotatable bonds is 5. The van der Waals surface area contributed by atoms with Gasteiger partial charge in [0.1, 0.15) is 0 Å². The number of aromatic nitrogens is 1. The van der Waals surface area contributed by atoms with Crippen molar-refractivity contribution in [1.82, 2.24) is 10.3 Å². The number of pyridine rings is 1. The fraction of sp³-hybridized carbons (Fsp3) is 0.312. The van der Waals surface area contributed by atoms with Gasteiger partial charge in [0.2, 0.25) is 0 Å². The molecule has 0 radical (unpaired) electrons. The van der Waals surface area contributed by atoms with Crippen molar-refractivity contribution >= 4 is 0 Å². The molecule has 1 aromatic carbocycles. The van der Waals surface area contributed by atoms with Crippen molar-refractivity contribution in [3.8, 4) is 0 Å². The van der Waals surface area contributed by atoms with Crippen LogP contribution in [0.1, 0.15) is 36.2 Å². The summed E-state index contributed by atoms with van der Waals surface area (Å²) in [7, 11) is 0. The van der Waals surface area contributed by atoms with E-state index < -0.39 is 11.6 Å². The number of hydrogen-bond donors (Lipinski definition) is 1. The first-order valence-corrected chi connectivity index (χ1v) is 6.74. The van der Waals surface area contributed by atoms with Crippen LogP contribution in [0, 0.1) is 18.6 Å². The molecule has 0 fully saturated rings. The van der Waals surface area contributed by atoms with Crippen molar-refractivity contribution in [3.05, 3.63) is 65.0 Å². The van der Waals surface area contributed by atoms with Crippen LogP contribution in [0.15, 0.2) is 36.5 Å². The highest BCUT2D eigenvalue weighted by Crippen LogP contribution is 2.27. The average Bonchev–Trinajstić information content (AvgIpc) is 2.45. The molecule has 1 heterocycles. The number of nitrogens with one attached hydrogen (secondary N) is 1. The van der Waals surface area contributed by atoms with Crippen molar-refractivity contribution in [2.24, 2.45) is 0 Å². The van der Waals surface area contributed by atoms with E-state index in [9.17, 15) is 8.78 Å². The first-order valence-electron chi connectivity index (χ1n) is 6.74. The second kappa shape index (κ2) is 6.57. The topological polar surface area (TPSA) is 24.9 Å². The van der Waals surface area contributed by atoms with E-state index in [0.29, 0.717) is 5.56 Å². The highest BCUT2D eigenvalue weighted by molar-refractivity contribution is 5.35. The summed E-state index contributed by atoms with van der Waals surface area (Å²) in [6.07, 6.45) is 2.60. The van der Waals surface area contributed by atoms with E-state index in [2.05, 4.69) is 10.3 Å². The molecular weight excluding hydrogens is 258 g/mol. The average molecular weight is 276 g/mol. The molecule has 106 valence electrons. The van der Waals surface area contributed by atoms with Crippen molar-refractivity contribution < 1.29 is 8.78 Å². The Kier molecular flexibility index (Phi) is 4.79. The van der Waals surface area contributed by atoms with E-state index in [1.54, 1.807) is 18.3 Å². The Labute approximate surface area is 117 Å². The lowest BCUT2D eigenvalue weighted by Gasteiger charge is -2.21. The Morgan fingerprint density at radius 2 is 1.90 bits per heavy atom. The molecule has 2 rings (SSSR count). The fourth-order valence-corrected chi connectivity index (χ4v) is 2.22. The molecule has 4 heteroatoms. The first kappa shape index (κ1) is 14.6. The van der Waals surface area contributed by atoms with Gasteiger partial charge >= 0.3 is 0 Å². The summed E-state index contributed by atoms with van der Waals surface area (Å²) in [6, 6.07) is 7.57. The SMILES string of the molecule is CCCNC(c1cccnc1C)c1cccc(F)c1F. The summed E-state index contributed by atoms with van der Waals surface area (Å²) in [6.45, 7) is 4.62. The van der Waals surface area contributed by atoms with Crippen LogP contribution in [0.25, 0.3) is 0 Å². The third kappa shape index (κ3) is 3.02. The molecule has 1 N–H and O–H groups in total. The summed E-state index contributed by atoms with van der Waals surface area (Å²) in [5.41, 5.74) is 1.99. The van der Waals surface area contributed by atoms with E-state index in [1.165, 1.54) is 6.07 Å². The Morgan fingerprint density at radius 3 is 2.60 bits per heavy atom. The van der Waals surface area contributed by atoms with Gasteiger partial charge in [-0.15, -0.1) is 0 Å². The maximum atomic E-state index is 14.1. The summed E-state index contributed by atoms with van der Waals surface area (Å²) < 4.78 is 27.5. The van der Waals surface area contributed by atoms with Gasteiger partial charge in [0.25, 0.3) is 0 Å². The molecule has 0 aliphatic carbocycles. The van der Waals surface area contributed by atoms with Crippen LogP contribution >= 0.6 is 0 Å². The van der Waals surface area contributed by atoms with Gasteiger partial charge in [-0.3, -0.25) is 4.98 Å². The third-order valence-electron chi connectivity index (χ3n) is 3.25. The van der Waals surface area contributed by atoms with E-state index in [4.69, 9.17) is 0 Å². The molecule has 1 unspecified atom stereocenters. The van der Waals surface area contributed by atoms with Crippen molar-refractivity contribution in [2.45, 2.75) is 26.3 Å². The second-order valence-corrected chi connectivity index (χ2v) is 4.71. The van der Waals surface area contributed by atoms with Gasteiger partial charge < -0.3 is 5.32 Å². The highest BCUT2D eigenvalue weighted by atomic mass is 19.2. The largest absolute Gasteiger partial charge is 0.306 e. The van der Waals surface area contributed by atoms with E-state index >= 15 is 0 Å². The van der Waals surface area contributed by atoms with Crippen LogP contribution in [0.5, 0.6) is 0 Å². The third-order valence-corrected chi connectivity index (χ3v) is 3.25. The number of nitrogens with zero attached hydrogens (tertiary/aromatic N) is 1. The lowest BCUT2D eigenvalue weighted by atomic mass is 9.97. The van der Waals surface area contributed by atoms with Gasteiger partial charge in [0.05, 0.1) is 6.04 Å². The fourth-order valence-electron chi connectivity index (χ4n) is 2.22. The smallest absolute Gasteiger partial charge is 0.163 e. The van der Waals surface area contributed by atoms with Crippen molar-refractivity contribution in [2.75, 3.05) is 6.54 Å². The van der Waals surface area contributed by atoms with Gasteiger partial charge in [-0.1, -0.05) is 25.1 Å². The molecule has 0 amide bonds. The number of hydrogen-bond acceptors (Lipinski definition) is 2. The summed E-state index contributed by atoms with van der Waals surface area (Å²) >= 11 is 0. The Hall–Kier alpha value is -1.81. The van der Waals surface area contributed by atoms with Crippen LogP contribution in [-0.2, 0) is 0 Å². The van der Waals surface area contributed by atoms with Crippen molar-refractivity contribution in [1.29, 1.82) is 0 Å². The normalized spacial score (nSPS) is 12.4. The summed E-state index contributed by atoms with van der Waals surface area (Å²) in [5, 5.41) is 3.26. The van der Waals surface area contributed by atoms with Gasteiger partial charge in [-0.05, 0) is 37.6 Å². The first-order chi connectivity index (χ1) is 9.65. The molecular formula is C16H18F2N2. The van der Waals surface area contributed by atoms with Gasteiger partial charge in [-0.2, -0.15) is 0 Å². The van der Waals surface area contributed by atoms with E-state index in [-0.39, 0.29) is 6.04 Å². The van der Waals surface area contributed by atoms with Crippen LogP contribution in [0.2, 0.25) is 0 Å². The summed E-state index contributed by atoms with van der Waals surface area (Å²) in [4.78, 5) is 4.23. The van der Waals surface area contributed by atoms with Gasteiger partial charge in [0, 0.05) is 17.5 Å². The highest BCUT2D eigenvalue weighted by Gasteiger charge is 2.21. The van der Waals surface area contributed by atoms with Crippen LogP contribution in [-0.4, -0.2) is 11.5 Å². The number of aryl methyl sites for hydroxylation is 1. The number of benzene rings is 1. The molecule has 0 bridgehead atoms. The maximum absolute atomic E-state index is 14.1. The molecule has 0 aliphatic heterocycles. The minimum atomic E-state index is -0.827. The molecule has 1 aromatic heterocycles. The monoisotopic (exact) mass is 276 g/mol. The zero-order valence-electron chi connectivity index (χ0n) is 11.7. The molecule has 20 heavy (non-hydrogen) atoms. The second-order valence-electron chi connectivity index (χ2n) is 4.71. The van der Waals surface area contributed by atoms with E-state index in [1.807, 2.05) is 19.9 Å². The molecule has 0 saturated carbocycles. The van der Waals surface area contributed by atoms with Crippen LogP contribution < -0.4 is 5.32 Å². The summed E-state index contributed by atoms with van der Waals surface area (Å²) in [5.74, 6) is -1.63. The molecule has 0 spiro atoms. The molecule has 0 saturated heterocycles. The minimum absolute atomic E-state index is 0.314.